The predicted molar refractivity (Wildman–Crippen MR) is 82.0 cm³/mol. The summed E-state index contributed by atoms with van der Waals surface area (Å²) in [7, 11) is 1.66. The van der Waals surface area contributed by atoms with Gasteiger partial charge in [0.1, 0.15) is 10.9 Å². The molecule has 1 aromatic heterocycles. The second kappa shape index (κ2) is 6.26. The lowest BCUT2D eigenvalue weighted by Gasteiger charge is -2.11. The van der Waals surface area contributed by atoms with E-state index < -0.39 is 0 Å². The molecule has 1 heterocycles. The lowest BCUT2D eigenvalue weighted by molar-refractivity contribution is 0.414. The number of aryl methyl sites for hydroxylation is 1. The molecule has 5 heteroatoms. The summed E-state index contributed by atoms with van der Waals surface area (Å²) in [4.78, 5) is 4.21. The SMILES string of the molecule is COc1ccc(Br)c(CNc2ccc(Cl)nc2C)c1. The molecular weight excluding hydrogens is 328 g/mol. The third-order valence-corrected chi connectivity index (χ3v) is 3.76. The molecule has 0 saturated heterocycles. The minimum atomic E-state index is 0.505. The van der Waals surface area contributed by atoms with Crippen molar-refractivity contribution in [1.29, 1.82) is 0 Å². The molecular formula is C14H14BrClN2O. The van der Waals surface area contributed by atoms with E-state index in [1.165, 1.54) is 0 Å². The van der Waals surface area contributed by atoms with Crippen molar-refractivity contribution >= 4 is 33.2 Å². The van der Waals surface area contributed by atoms with Crippen molar-refractivity contribution in [1.82, 2.24) is 4.98 Å². The monoisotopic (exact) mass is 340 g/mol. The summed E-state index contributed by atoms with van der Waals surface area (Å²) in [6.07, 6.45) is 0. The van der Waals surface area contributed by atoms with Crippen molar-refractivity contribution in [2.45, 2.75) is 13.5 Å². The Kier molecular flexibility index (Phi) is 4.66. The van der Waals surface area contributed by atoms with Crippen LogP contribution in [-0.2, 0) is 6.54 Å². The molecule has 0 aliphatic heterocycles. The van der Waals surface area contributed by atoms with Crippen molar-refractivity contribution in [3.05, 3.63) is 51.2 Å². The summed E-state index contributed by atoms with van der Waals surface area (Å²) in [6.45, 7) is 2.61. The van der Waals surface area contributed by atoms with Crippen LogP contribution in [0.15, 0.2) is 34.8 Å². The van der Waals surface area contributed by atoms with Gasteiger partial charge in [-0.15, -0.1) is 0 Å². The second-order valence-electron chi connectivity index (χ2n) is 4.08. The van der Waals surface area contributed by atoms with Crippen LogP contribution in [0.1, 0.15) is 11.3 Å². The molecule has 1 N–H and O–H groups in total. The van der Waals surface area contributed by atoms with Crippen LogP contribution < -0.4 is 10.1 Å². The van der Waals surface area contributed by atoms with E-state index in [1.807, 2.05) is 31.2 Å². The Balaban J connectivity index is 2.14. The van der Waals surface area contributed by atoms with Crippen molar-refractivity contribution in [2.24, 2.45) is 0 Å². The zero-order valence-corrected chi connectivity index (χ0v) is 13.0. The molecule has 0 radical (unpaired) electrons. The number of ether oxygens (including phenoxy) is 1. The van der Waals surface area contributed by atoms with Crippen LogP contribution in [0.2, 0.25) is 5.15 Å². The van der Waals surface area contributed by atoms with Gasteiger partial charge in [0.2, 0.25) is 0 Å². The first kappa shape index (κ1) is 14.2. The lowest BCUT2D eigenvalue weighted by atomic mass is 10.2. The lowest BCUT2D eigenvalue weighted by Crippen LogP contribution is -2.03. The molecule has 0 aliphatic carbocycles. The van der Waals surface area contributed by atoms with Gasteiger partial charge in [-0.3, -0.25) is 0 Å². The number of hydrogen-bond acceptors (Lipinski definition) is 3. The van der Waals surface area contributed by atoms with Gasteiger partial charge in [0.15, 0.2) is 0 Å². The topological polar surface area (TPSA) is 34.1 Å². The number of methoxy groups -OCH3 is 1. The number of hydrogen-bond donors (Lipinski definition) is 1. The Hall–Kier alpha value is -1.26. The van der Waals surface area contributed by atoms with Gasteiger partial charge in [-0.25, -0.2) is 4.98 Å². The number of pyridine rings is 1. The molecule has 0 amide bonds. The summed E-state index contributed by atoms with van der Waals surface area (Å²) in [6, 6.07) is 9.59. The van der Waals surface area contributed by atoms with Crippen molar-refractivity contribution in [3.8, 4) is 5.75 Å². The summed E-state index contributed by atoms with van der Waals surface area (Å²) in [5.41, 5.74) is 2.97. The molecule has 1 aromatic carbocycles. The van der Waals surface area contributed by atoms with Gasteiger partial charge in [-0.05, 0) is 42.8 Å². The van der Waals surface area contributed by atoms with Gasteiger partial charge in [0.25, 0.3) is 0 Å². The highest BCUT2D eigenvalue weighted by Gasteiger charge is 2.04. The van der Waals surface area contributed by atoms with E-state index in [0.29, 0.717) is 11.7 Å². The molecule has 19 heavy (non-hydrogen) atoms. The Bertz CT molecular complexity index is 590. The van der Waals surface area contributed by atoms with Gasteiger partial charge >= 0.3 is 0 Å². The maximum Gasteiger partial charge on any atom is 0.129 e. The first-order valence-electron chi connectivity index (χ1n) is 5.79. The zero-order valence-electron chi connectivity index (χ0n) is 10.7. The summed E-state index contributed by atoms with van der Waals surface area (Å²) >= 11 is 9.37. The molecule has 2 rings (SSSR count). The molecule has 100 valence electrons. The fourth-order valence-electron chi connectivity index (χ4n) is 1.72. The van der Waals surface area contributed by atoms with E-state index in [1.54, 1.807) is 13.2 Å². The first-order valence-corrected chi connectivity index (χ1v) is 6.96. The molecule has 0 atom stereocenters. The van der Waals surface area contributed by atoms with Crippen LogP contribution in [0, 0.1) is 6.92 Å². The minimum Gasteiger partial charge on any atom is -0.497 e. The number of nitrogens with one attached hydrogen (secondary N) is 1. The molecule has 3 nitrogen and oxygen atoms in total. The molecule has 0 unspecified atom stereocenters. The van der Waals surface area contributed by atoms with Gasteiger partial charge < -0.3 is 10.1 Å². The summed E-state index contributed by atoms with van der Waals surface area (Å²) in [5, 5.41) is 3.85. The molecule has 0 aliphatic rings. The average Bonchev–Trinajstić information content (AvgIpc) is 2.39. The highest BCUT2D eigenvalue weighted by atomic mass is 79.9. The average molecular weight is 342 g/mol. The Morgan fingerprint density at radius 3 is 2.79 bits per heavy atom. The van der Waals surface area contributed by atoms with Gasteiger partial charge in [0, 0.05) is 11.0 Å². The molecule has 0 bridgehead atoms. The number of benzene rings is 1. The molecule has 0 spiro atoms. The van der Waals surface area contributed by atoms with E-state index in [2.05, 4.69) is 26.2 Å². The Morgan fingerprint density at radius 2 is 2.11 bits per heavy atom. The normalized spacial score (nSPS) is 10.3. The molecule has 0 saturated carbocycles. The highest BCUT2D eigenvalue weighted by Crippen LogP contribution is 2.24. The van der Waals surface area contributed by atoms with Crippen LogP contribution in [0.4, 0.5) is 5.69 Å². The maximum absolute atomic E-state index is 5.84. The molecule has 0 fully saturated rings. The smallest absolute Gasteiger partial charge is 0.129 e. The van der Waals surface area contributed by atoms with E-state index in [0.717, 1.165) is 27.2 Å². The second-order valence-corrected chi connectivity index (χ2v) is 5.32. The van der Waals surface area contributed by atoms with Crippen LogP contribution in [0.25, 0.3) is 0 Å². The Morgan fingerprint density at radius 1 is 1.32 bits per heavy atom. The number of rotatable bonds is 4. The minimum absolute atomic E-state index is 0.505. The van der Waals surface area contributed by atoms with Crippen LogP contribution in [0.3, 0.4) is 0 Å². The number of halogens is 2. The number of nitrogens with zero attached hydrogens (tertiary/aromatic N) is 1. The van der Waals surface area contributed by atoms with E-state index in [4.69, 9.17) is 16.3 Å². The number of anilines is 1. The fourth-order valence-corrected chi connectivity index (χ4v) is 2.30. The third kappa shape index (κ3) is 3.61. The highest BCUT2D eigenvalue weighted by molar-refractivity contribution is 9.10. The predicted octanol–water partition coefficient (Wildman–Crippen LogP) is 4.43. The maximum atomic E-state index is 5.84. The van der Waals surface area contributed by atoms with E-state index in [-0.39, 0.29) is 0 Å². The van der Waals surface area contributed by atoms with E-state index in [9.17, 15) is 0 Å². The van der Waals surface area contributed by atoms with Crippen molar-refractivity contribution in [3.63, 3.8) is 0 Å². The standard InChI is InChI=1S/C14H14BrClN2O/c1-9-13(5-6-14(16)18-9)17-8-10-7-11(19-2)3-4-12(10)15/h3-7,17H,8H2,1-2H3. The largest absolute Gasteiger partial charge is 0.497 e. The number of aromatic nitrogens is 1. The van der Waals surface area contributed by atoms with Crippen LogP contribution >= 0.6 is 27.5 Å². The fraction of sp³-hybridized carbons (Fsp3) is 0.214. The summed E-state index contributed by atoms with van der Waals surface area (Å²) < 4.78 is 6.26. The molecule has 2 aromatic rings. The van der Waals surface area contributed by atoms with Gasteiger partial charge in [-0.2, -0.15) is 0 Å². The van der Waals surface area contributed by atoms with Crippen LogP contribution in [-0.4, -0.2) is 12.1 Å². The van der Waals surface area contributed by atoms with Gasteiger partial charge in [0.05, 0.1) is 18.5 Å². The first-order chi connectivity index (χ1) is 9.10. The quantitative estimate of drug-likeness (QED) is 0.836. The van der Waals surface area contributed by atoms with Crippen molar-refractivity contribution < 1.29 is 4.74 Å². The third-order valence-electron chi connectivity index (χ3n) is 2.77. The zero-order chi connectivity index (χ0) is 13.8. The summed E-state index contributed by atoms with van der Waals surface area (Å²) in [5.74, 6) is 0.839. The van der Waals surface area contributed by atoms with E-state index >= 15 is 0 Å². The van der Waals surface area contributed by atoms with Gasteiger partial charge in [-0.1, -0.05) is 27.5 Å². The van der Waals surface area contributed by atoms with Crippen LogP contribution in [0.5, 0.6) is 5.75 Å². The van der Waals surface area contributed by atoms with Crippen molar-refractivity contribution in [2.75, 3.05) is 12.4 Å². The Labute approximate surface area is 126 Å².